The standard InChI is InChI=1S/C26H23ClN2O3S/c1-4-18-15(3)33-25(23(18)26(31)32-5-2)29-24(30)20-14-22(16-10-12-17(27)13-11-16)28-21-9-7-6-8-19(20)21/h6-14H,4-5H2,1-3H3,(H,29,30). The number of aryl methyl sites for hydroxylation is 1. The molecule has 0 aliphatic carbocycles. The first kappa shape index (κ1) is 23.0. The van der Waals surface area contributed by atoms with Crippen molar-refractivity contribution in [3.05, 3.63) is 81.2 Å². The first-order valence-corrected chi connectivity index (χ1v) is 11.9. The molecule has 0 bridgehead atoms. The molecule has 1 amide bonds. The van der Waals surface area contributed by atoms with E-state index in [0.29, 0.717) is 38.8 Å². The number of hydrogen-bond donors (Lipinski definition) is 1. The summed E-state index contributed by atoms with van der Waals surface area (Å²) in [5.74, 6) is -0.728. The Bertz CT molecular complexity index is 1350. The van der Waals surface area contributed by atoms with Gasteiger partial charge in [0, 0.05) is 20.8 Å². The van der Waals surface area contributed by atoms with E-state index >= 15 is 0 Å². The van der Waals surface area contributed by atoms with E-state index in [1.54, 1.807) is 25.1 Å². The monoisotopic (exact) mass is 478 g/mol. The number of nitrogens with one attached hydrogen (secondary N) is 1. The highest BCUT2D eigenvalue weighted by Gasteiger charge is 2.24. The zero-order chi connectivity index (χ0) is 23.5. The molecular formula is C26H23ClN2O3S. The van der Waals surface area contributed by atoms with Gasteiger partial charge in [0.1, 0.15) is 5.00 Å². The van der Waals surface area contributed by atoms with E-state index in [2.05, 4.69) is 5.32 Å². The molecule has 33 heavy (non-hydrogen) atoms. The summed E-state index contributed by atoms with van der Waals surface area (Å²) in [5, 5.41) is 4.83. The molecule has 0 saturated heterocycles. The Morgan fingerprint density at radius 2 is 1.82 bits per heavy atom. The van der Waals surface area contributed by atoms with Crippen molar-refractivity contribution < 1.29 is 14.3 Å². The number of rotatable bonds is 6. The number of esters is 1. The number of hydrogen-bond acceptors (Lipinski definition) is 5. The van der Waals surface area contributed by atoms with E-state index in [1.165, 1.54) is 11.3 Å². The topological polar surface area (TPSA) is 68.3 Å². The van der Waals surface area contributed by atoms with Gasteiger partial charge < -0.3 is 10.1 Å². The number of amides is 1. The van der Waals surface area contributed by atoms with Crippen LogP contribution in [0.2, 0.25) is 5.02 Å². The lowest BCUT2D eigenvalue weighted by Crippen LogP contribution is -2.16. The summed E-state index contributed by atoms with van der Waals surface area (Å²) in [5.41, 5.74) is 4.04. The van der Waals surface area contributed by atoms with Crippen molar-refractivity contribution in [3.8, 4) is 11.3 Å². The number of anilines is 1. The highest BCUT2D eigenvalue weighted by atomic mass is 35.5. The fourth-order valence-corrected chi connectivity index (χ4v) is 5.07. The summed E-state index contributed by atoms with van der Waals surface area (Å²) in [6, 6.07) is 16.6. The smallest absolute Gasteiger partial charge is 0.341 e. The van der Waals surface area contributed by atoms with Crippen molar-refractivity contribution in [2.45, 2.75) is 27.2 Å². The summed E-state index contributed by atoms with van der Waals surface area (Å²) < 4.78 is 5.26. The Labute approximate surface area is 201 Å². The Morgan fingerprint density at radius 3 is 2.52 bits per heavy atom. The van der Waals surface area contributed by atoms with Crippen molar-refractivity contribution >= 4 is 50.7 Å². The molecule has 1 N–H and O–H groups in total. The second-order valence-electron chi connectivity index (χ2n) is 7.45. The minimum absolute atomic E-state index is 0.268. The number of pyridine rings is 1. The summed E-state index contributed by atoms with van der Waals surface area (Å²) in [4.78, 5) is 31.9. The van der Waals surface area contributed by atoms with Crippen LogP contribution in [0.3, 0.4) is 0 Å². The molecule has 0 atom stereocenters. The number of halogens is 1. The van der Waals surface area contributed by atoms with Gasteiger partial charge in [-0.05, 0) is 50.1 Å². The number of para-hydroxylation sites is 1. The summed E-state index contributed by atoms with van der Waals surface area (Å²) in [6.45, 7) is 5.96. The Balaban J connectivity index is 1.79. The van der Waals surface area contributed by atoms with Crippen LogP contribution in [0.15, 0.2) is 54.6 Å². The van der Waals surface area contributed by atoms with Gasteiger partial charge in [-0.2, -0.15) is 0 Å². The lowest BCUT2D eigenvalue weighted by atomic mass is 10.0. The van der Waals surface area contributed by atoms with E-state index < -0.39 is 5.97 Å². The molecule has 0 aliphatic heterocycles. The minimum atomic E-state index is -0.421. The molecule has 0 spiro atoms. The molecule has 2 aromatic carbocycles. The van der Waals surface area contributed by atoms with Crippen LogP contribution in [0.1, 0.15) is 45.0 Å². The Hall–Kier alpha value is -3.22. The van der Waals surface area contributed by atoms with Gasteiger partial charge in [-0.25, -0.2) is 9.78 Å². The fraction of sp³-hybridized carbons (Fsp3) is 0.192. The molecule has 2 heterocycles. The number of carbonyl (C=O) groups excluding carboxylic acids is 2. The van der Waals surface area contributed by atoms with E-state index in [1.807, 2.05) is 50.2 Å². The third-order valence-corrected chi connectivity index (χ3v) is 6.68. The van der Waals surface area contributed by atoms with Crippen molar-refractivity contribution in [2.75, 3.05) is 11.9 Å². The lowest BCUT2D eigenvalue weighted by molar-refractivity contribution is 0.0527. The van der Waals surface area contributed by atoms with E-state index in [-0.39, 0.29) is 12.5 Å². The average molecular weight is 479 g/mol. The normalized spacial score (nSPS) is 10.9. The van der Waals surface area contributed by atoms with Gasteiger partial charge in [0.2, 0.25) is 0 Å². The summed E-state index contributed by atoms with van der Waals surface area (Å²) >= 11 is 7.42. The van der Waals surface area contributed by atoms with Crippen LogP contribution in [0.25, 0.3) is 22.2 Å². The van der Waals surface area contributed by atoms with Crippen molar-refractivity contribution in [2.24, 2.45) is 0 Å². The van der Waals surface area contributed by atoms with Gasteiger partial charge in [0.25, 0.3) is 5.91 Å². The number of aromatic nitrogens is 1. The van der Waals surface area contributed by atoms with Crippen LogP contribution < -0.4 is 5.32 Å². The van der Waals surface area contributed by atoms with Crippen LogP contribution in [0, 0.1) is 6.92 Å². The third-order valence-electron chi connectivity index (χ3n) is 5.37. The summed E-state index contributed by atoms with van der Waals surface area (Å²) in [7, 11) is 0. The molecule has 0 fully saturated rings. The molecule has 0 unspecified atom stereocenters. The molecule has 0 saturated carbocycles. The van der Waals surface area contributed by atoms with E-state index in [4.69, 9.17) is 21.3 Å². The first-order chi connectivity index (χ1) is 15.9. The van der Waals surface area contributed by atoms with Crippen molar-refractivity contribution in [1.29, 1.82) is 0 Å². The molecule has 4 rings (SSSR count). The lowest BCUT2D eigenvalue weighted by Gasteiger charge is -2.11. The maximum absolute atomic E-state index is 13.5. The van der Waals surface area contributed by atoms with E-state index in [0.717, 1.165) is 21.4 Å². The number of ether oxygens (including phenoxy) is 1. The predicted octanol–water partition coefficient (Wildman–Crippen LogP) is 6.92. The van der Waals surface area contributed by atoms with Gasteiger partial charge in [0.05, 0.1) is 28.9 Å². The second kappa shape index (κ2) is 9.73. The second-order valence-corrected chi connectivity index (χ2v) is 9.11. The number of nitrogens with zero attached hydrogens (tertiary/aromatic N) is 1. The van der Waals surface area contributed by atoms with E-state index in [9.17, 15) is 9.59 Å². The predicted molar refractivity (Wildman–Crippen MR) is 135 cm³/mol. The first-order valence-electron chi connectivity index (χ1n) is 10.7. The molecule has 0 aliphatic rings. The third kappa shape index (κ3) is 4.63. The maximum Gasteiger partial charge on any atom is 0.341 e. The molecule has 7 heteroatoms. The van der Waals surface area contributed by atoms with Gasteiger partial charge in [-0.15, -0.1) is 11.3 Å². The number of thiophene rings is 1. The van der Waals surface area contributed by atoms with Gasteiger partial charge in [-0.1, -0.05) is 48.9 Å². The molecule has 2 aromatic heterocycles. The Kier molecular flexibility index (Phi) is 6.77. The van der Waals surface area contributed by atoms with Crippen molar-refractivity contribution in [3.63, 3.8) is 0 Å². The number of fused-ring (bicyclic) bond motifs is 1. The molecular weight excluding hydrogens is 456 g/mol. The highest BCUT2D eigenvalue weighted by molar-refractivity contribution is 7.16. The highest BCUT2D eigenvalue weighted by Crippen LogP contribution is 2.35. The summed E-state index contributed by atoms with van der Waals surface area (Å²) in [6.07, 6.45) is 0.672. The zero-order valence-electron chi connectivity index (χ0n) is 18.6. The fourth-order valence-electron chi connectivity index (χ4n) is 3.81. The van der Waals surface area contributed by atoms with Crippen LogP contribution >= 0.6 is 22.9 Å². The minimum Gasteiger partial charge on any atom is -0.462 e. The van der Waals surface area contributed by atoms with Crippen molar-refractivity contribution in [1.82, 2.24) is 4.98 Å². The quantitative estimate of drug-likeness (QED) is 0.305. The van der Waals surface area contributed by atoms with Gasteiger partial charge in [0.15, 0.2) is 0 Å². The largest absolute Gasteiger partial charge is 0.462 e. The van der Waals surface area contributed by atoms with Gasteiger partial charge in [-0.3, -0.25) is 4.79 Å². The number of carbonyl (C=O) groups is 2. The average Bonchev–Trinajstić information content (AvgIpc) is 3.13. The molecule has 4 aromatic rings. The molecule has 0 radical (unpaired) electrons. The van der Waals surface area contributed by atoms with Gasteiger partial charge >= 0.3 is 5.97 Å². The Morgan fingerprint density at radius 1 is 1.09 bits per heavy atom. The van der Waals surface area contributed by atoms with Crippen LogP contribution in [-0.4, -0.2) is 23.5 Å². The molecule has 168 valence electrons. The van der Waals surface area contributed by atoms with Crippen LogP contribution in [0.5, 0.6) is 0 Å². The van der Waals surface area contributed by atoms with Crippen LogP contribution in [-0.2, 0) is 11.2 Å². The molecule has 5 nitrogen and oxygen atoms in total. The maximum atomic E-state index is 13.5. The zero-order valence-corrected chi connectivity index (χ0v) is 20.1. The SMILES string of the molecule is CCOC(=O)c1c(NC(=O)c2cc(-c3ccc(Cl)cc3)nc3ccccc23)sc(C)c1CC. The van der Waals surface area contributed by atoms with Crippen LogP contribution in [0.4, 0.5) is 5.00 Å². The number of benzene rings is 2.